The summed E-state index contributed by atoms with van der Waals surface area (Å²) in [5, 5.41) is 7.43. The number of amides is 2. The summed E-state index contributed by atoms with van der Waals surface area (Å²) in [7, 11) is 5.15. The van der Waals surface area contributed by atoms with E-state index in [0.29, 0.717) is 37.6 Å². The van der Waals surface area contributed by atoms with Gasteiger partial charge in [-0.2, -0.15) is 5.10 Å². The Kier molecular flexibility index (Phi) is 6.00. The number of aromatic amines is 1. The molecule has 9 nitrogen and oxygen atoms in total. The molecule has 0 unspecified atom stereocenters. The molecule has 0 radical (unpaired) electrons. The summed E-state index contributed by atoms with van der Waals surface area (Å²) in [5.74, 6) is 0.327. The van der Waals surface area contributed by atoms with Gasteiger partial charge in [-0.1, -0.05) is 6.07 Å². The summed E-state index contributed by atoms with van der Waals surface area (Å²) < 4.78 is 12.9. The van der Waals surface area contributed by atoms with E-state index >= 15 is 0 Å². The normalized spacial score (nSPS) is 12.6. The number of aryl methyl sites for hydroxylation is 2. The molecule has 0 aliphatic carbocycles. The van der Waals surface area contributed by atoms with E-state index in [-0.39, 0.29) is 11.8 Å². The van der Waals surface area contributed by atoms with Crippen molar-refractivity contribution in [3.8, 4) is 17.0 Å². The van der Waals surface area contributed by atoms with Gasteiger partial charge in [0.1, 0.15) is 5.56 Å². The zero-order chi connectivity index (χ0) is 22.8. The van der Waals surface area contributed by atoms with Crippen LogP contribution in [0, 0.1) is 6.92 Å². The Morgan fingerprint density at radius 3 is 2.91 bits per heavy atom. The Labute approximate surface area is 186 Å². The molecule has 0 bridgehead atoms. The molecule has 0 atom stereocenters. The summed E-state index contributed by atoms with van der Waals surface area (Å²) in [6, 6.07) is 7.66. The molecule has 168 valence electrons. The van der Waals surface area contributed by atoms with Gasteiger partial charge in [-0.05, 0) is 36.2 Å². The van der Waals surface area contributed by atoms with Crippen LogP contribution in [0.25, 0.3) is 11.1 Å². The van der Waals surface area contributed by atoms with Gasteiger partial charge in [0.2, 0.25) is 11.8 Å². The van der Waals surface area contributed by atoms with Crippen LogP contribution in [0.3, 0.4) is 0 Å². The Bertz CT molecular complexity index is 1160. The molecule has 2 amide bonds. The highest BCUT2D eigenvalue weighted by Gasteiger charge is 2.21. The number of rotatable bonds is 8. The number of ether oxygens (including phenoxy) is 2. The molecule has 1 aromatic carbocycles. The number of aromatic nitrogens is 3. The van der Waals surface area contributed by atoms with Gasteiger partial charge < -0.3 is 24.7 Å². The zero-order valence-corrected chi connectivity index (χ0v) is 18.7. The van der Waals surface area contributed by atoms with Crippen LogP contribution in [-0.4, -0.2) is 58.8 Å². The number of hydrogen-bond donors (Lipinski definition) is 2. The molecular formula is C23H27N5O4. The van der Waals surface area contributed by atoms with E-state index < -0.39 is 0 Å². The average molecular weight is 438 g/mol. The fraction of sp³-hybridized carbons (Fsp3) is 0.348. The number of hydrogen-bond acceptors (Lipinski definition) is 5. The number of nitrogens with one attached hydrogen (secondary N) is 2. The number of anilines is 1. The number of likely N-dealkylation sites (N-methyl/N-ethyl adjacent to an activating group) is 1. The molecule has 0 saturated heterocycles. The molecular weight excluding hydrogens is 410 g/mol. The first kappa shape index (κ1) is 21.6. The Balaban J connectivity index is 1.41. The molecule has 2 N–H and O–H groups in total. The molecule has 1 aliphatic heterocycles. The topological polar surface area (TPSA) is 101 Å². The van der Waals surface area contributed by atoms with Gasteiger partial charge in [-0.15, -0.1) is 0 Å². The monoisotopic (exact) mass is 437 g/mol. The van der Waals surface area contributed by atoms with Crippen LogP contribution in [0.15, 0.2) is 30.5 Å². The van der Waals surface area contributed by atoms with Crippen LogP contribution in [0.5, 0.6) is 5.88 Å². The zero-order valence-electron chi connectivity index (χ0n) is 18.7. The van der Waals surface area contributed by atoms with Crippen LogP contribution in [-0.2, 0) is 29.6 Å². The third-order valence-corrected chi connectivity index (χ3v) is 5.66. The van der Waals surface area contributed by atoms with Gasteiger partial charge in [0.15, 0.2) is 0 Å². The molecule has 9 heteroatoms. The van der Waals surface area contributed by atoms with Crippen molar-refractivity contribution < 1.29 is 19.1 Å². The second kappa shape index (κ2) is 8.88. The van der Waals surface area contributed by atoms with Crippen molar-refractivity contribution in [2.24, 2.45) is 7.05 Å². The van der Waals surface area contributed by atoms with Crippen molar-refractivity contribution in [2.75, 3.05) is 32.6 Å². The summed E-state index contributed by atoms with van der Waals surface area (Å²) >= 11 is 0. The Morgan fingerprint density at radius 1 is 1.31 bits per heavy atom. The number of H-pyrrole nitrogens is 1. The minimum absolute atomic E-state index is 0.0135. The maximum absolute atomic E-state index is 12.6. The molecule has 32 heavy (non-hydrogen) atoms. The maximum atomic E-state index is 12.6. The van der Waals surface area contributed by atoms with E-state index in [2.05, 4.69) is 15.4 Å². The van der Waals surface area contributed by atoms with Gasteiger partial charge in [0.25, 0.3) is 5.91 Å². The number of fused-ring (bicyclic) bond motifs is 1. The smallest absolute Gasteiger partial charge is 0.259 e. The number of carbonyl (C=O) groups excluding carboxylic acids is 2. The predicted octanol–water partition coefficient (Wildman–Crippen LogP) is 2.52. The van der Waals surface area contributed by atoms with Crippen molar-refractivity contribution in [3.63, 3.8) is 0 Å². The van der Waals surface area contributed by atoms with E-state index in [9.17, 15) is 9.59 Å². The van der Waals surface area contributed by atoms with E-state index in [4.69, 9.17) is 9.47 Å². The number of benzene rings is 1. The lowest BCUT2D eigenvalue weighted by molar-refractivity contribution is -0.115. The number of methoxy groups -OCH3 is 1. The lowest BCUT2D eigenvalue weighted by atomic mass is 10.00. The van der Waals surface area contributed by atoms with Crippen molar-refractivity contribution in [1.82, 2.24) is 19.7 Å². The first-order valence-corrected chi connectivity index (χ1v) is 10.4. The highest BCUT2D eigenvalue weighted by Crippen LogP contribution is 2.33. The molecule has 1 aliphatic rings. The second-order valence-electron chi connectivity index (χ2n) is 7.83. The van der Waals surface area contributed by atoms with Crippen LogP contribution in [0.4, 0.5) is 5.69 Å². The molecule has 3 heterocycles. The number of carbonyl (C=O) groups is 2. The minimum Gasteiger partial charge on any atom is -0.482 e. The van der Waals surface area contributed by atoms with E-state index in [1.807, 2.05) is 36.9 Å². The molecule has 3 aromatic rings. The minimum atomic E-state index is -0.134. The summed E-state index contributed by atoms with van der Waals surface area (Å²) in [4.78, 5) is 28.8. The van der Waals surface area contributed by atoms with Crippen LogP contribution < -0.4 is 10.1 Å². The van der Waals surface area contributed by atoms with Gasteiger partial charge in [-0.25, -0.2) is 0 Å². The van der Waals surface area contributed by atoms with Crippen LogP contribution in [0.1, 0.15) is 27.3 Å². The molecule has 0 fully saturated rings. The van der Waals surface area contributed by atoms with Crippen LogP contribution >= 0.6 is 0 Å². The Hall–Kier alpha value is -3.59. The SMILES string of the molecule is COc1[nH]ccc1C(=O)N(C)CCOCc1c(-c2ccc3c(c2)CC(=O)N3)c(C)nn1C. The first-order valence-electron chi connectivity index (χ1n) is 10.4. The number of nitrogens with zero attached hydrogens (tertiary/aromatic N) is 3. The van der Waals surface area contributed by atoms with E-state index in [1.54, 1.807) is 24.2 Å². The van der Waals surface area contributed by atoms with E-state index in [0.717, 1.165) is 33.8 Å². The van der Waals surface area contributed by atoms with Gasteiger partial charge in [-0.3, -0.25) is 14.3 Å². The lowest BCUT2D eigenvalue weighted by Crippen LogP contribution is -2.30. The fourth-order valence-electron chi connectivity index (χ4n) is 4.00. The van der Waals surface area contributed by atoms with E-state index in [1.165, 1.54) is 7.11 Å². The summed E-state index contributed by atoms with van der Waals surface area (Å²) in [6.07, 6.45) is 2.06. The summed E-state index contributed by atoms with van der Waals surface area (Å²) in [6.45, 7) is 3.13. The Morgan fingerprint density at radius 2 is 2.12 bits per heavy atom. The third-order valence-electron chi connectivity index (χ3n) is 5.66. The molecule has 0 spiro atoms. The van der Waals surface area contributed by atoms with Crippen molar-refractivity contribution in [2.45, 2.75) is 20.0 Å². The van der Waals surface area contributed by atoms with Gasteiger partial charge in [0, 0.05) is 38.1 Å². The quantitative estimate of drug-likeness (QED) is 0.528. The van der Waals surface area contributed by atoms with Gasteiger partial charge >= 0.3 is 0 Å². The summed E-state index contributed by atoms with van der Waals surface area (Å²) in [5.41, 5.74) is 6.21. The highest BCUT2D eigenvalue weighted by molar-refractivity contribution is 5.99. The van der Waals surface area contributed by atoms with Crippen LogP contribution in [0.2, 0.25) is 0 Å². The third kappa shape index (κ3) is 4.11. The average Bonchev–Trinajstić information content (AvgIpc) is 3.45. The highest BCUT2D eigenvalue weighted by atomic mass is 16.5. The maximum Gasteiger partial charge on any atom is 0.259 e. The lowest BCUT2D eigenvalue weighted by Gasteiger charge is -2.17. The largest absolute Gasteiger partial charge is 0.482 e. The van der Waals surface area contributed by atoms with Gasteiger partial charge in [0.05, 0.1) is 38.1 Å². The molecule has 0 saturated carbocycles. The van der Waals surface area contributed by atoms with Crippen molar-refractivity contribution in [3.05, 3.63) is 53.0 Å². The standard InChI is InChI=1S/C23H27N5O4/c1-14-21(15-5-6-18-16(11-15)12-20(29)25-18)19(28(3)26-14)13-32-10-9-27(2)23(30)17-7-8-24-22(17)31-4/h5-8,11,24H,9-10,12-13H2,1-4H3,(H,25,29). The second-order valence-corrected chi connectivity index (χ2v) is 7.83. The molecule has 4 rings (SSSR count). The van der Waals surface area contributed by atoms with Crippen molar-refractivity contribution >= 4 is 17.5 Å². The first-order chi connectivity index (χ1) is 15.4. The fourth-order valence-corrected chi connectivity index (χ4v) is 4.00. The molecule has 2 aromatic heterocycles. The van der Waals surface area contributed by atoms with Crippen molar-refractivity contribution in [1.29, 1.82) is 0 Å². The predicted molar refractivity (Wildman–Crippen MR) is 120 cm³/mol.